The number of para-hydroxylation sites is 1. The van der Waals surface area contributed by atoms with E-state index in [1.165, 1.54) is 23.0 Å². The van der Waals surface area contributed by atoms with E-state index >= 15 is 0 Å². The van der Waals surface area contributed by atoms with Gasteiger partial charge in [0.1, 0.15) is 0 Å². The van der Waals surface area contributed by atoms with E-state index in [1.54, 1.807) is 0 Å². The second kappa shape index (κ2) is 11.6. The Morgan fingerprint density at radius 3 is 2.42 bits per heavy atom. The van der Waals surface area contributed by atoms with Gasteiger partial charge in [-0.3, -0.25) is 9.69 Å². The maximum absolute atomic E-state index is 13.5. The van der Waals surface area contributed by atoms with Crippen molar-refractivity contribution in [2.75, 3.05) is 37.7 Å². The van der Waals surface area contributed by atoms with Crippen molar-refractivity contribution in [3.8, 4) is 0 Å². The lowest BCUT2D eigenvalue weighted by atomic mass is 10.1. The average Bonchev–Trinajstić information content (AvgIpc) is 3.20. The van der Waals surface area contributed by atoms with Gasteiger partial charge in [-0.05, 0) is 78.6 Å². The lowest BCUT2D eigenvalue weighted by Gasteiger charge is -2.29. The number of nitrogens with zero attached hydrogens (tertiary/aromatic N) is 3. The summed E-state index contributed by atoms with van der Waals surface area (Å²) in [6.07, 6.45) is 3.82. The number of ether oxygens (including phenoxy) is 1. The third kappa shape index (κ3) is 5.89. The fourth-order valence-corrected chi connectivity index (χ4v) is 5.48. The summed E-state index contributed by atoms with van der Waals surface area (Å²) < 4.78 is 5.48. The number of aliphatic imine (C=N–C) groups is 1. The number of rotatable bonds is 7. The van der Waals surface area contributed by atoms with E-state index in [2.05, 4.69) is 54.3 Å². The third-order valence-corrected chi connectivity index (χ3v) is 7.48. The van der Waals surface area contributed by atoms with Crippen LogP contribution in [-0.2, 0) is 16.0 Å². The highest BCUT2D eigenvalue weighted by Gasteiger charge is 2.33. The van der Waals surface area contributed by atoms with Gasteiger partial charge < -0.3 is 9.64 Å². The van der Waals surface area contributed by atoms with Crippen molar-refractivity contribution in [2.45, 2.75) is 19.8 Å². The Labute approximate surface area is 217 Å². The van der Waals surface area contributed by atoms with Crippen molar-refractivity contribution in [3.63, 3.8) is 0 Å². The molecule has 0 spiro atoms. The predicted molar refractivity (Wildman–Crippen MR) is 150 cm³/mol. The molecule has 0 saturated carbocycles. The van der Waals surface area contributed by atoms with E-state index < -0.39 is 0 Å². The zero-order valence-electron chi connectivity index (χ0n) is 20.6. The van der Waals surface area contributed by atoms with Crippen LogP contribution in [-0.4, -0.2) is 48.8 Å². The van der Waals surface area contributed by atoms with Gasteiger partial charge in [-0.1, -0.05) is 54.6 Å². The van der Waals surface area contributed by atoms with Crippen molar-refractivity contribution in [1.82, 2.24) is 4.90 Å². The molecule has 184 valence electrons. The topological polar surface area (TPSA) is 45.1 Å². The van der Waals surface area contributed by atoms with E-state index in [4.69, 9.17) is 9.73 Å². The van der Waals surface area contributed by atoms with Crippen LogP contribution in [0.15, 0.2) is 88.8 Å². The molecule has 0 radical (unpaired) electrons. The highest BCUT2D eigenvalue weighted by atomic mass is 32.2. The molecule has 6 heteroatoms. The highest BCUT2D eigenvalue weighted by molar-refractivity contribution is 8.18. The van der Waals surface area contributed by atoms with E-state index in [9.17, 15) is 4.79 Å². The molecule has 0 aliphatic carbocycles. The molecule has 2 heterocycles. The predicted octanol–water partition coefficient (Wildman–Crippen LogP) is 6.07. The Morgan fingerprint density at radius 2 is 1.69 bits per heavy atom. The normalized spacial score (nSPS) is 18.4. The number of carbonyl (C=O) groups excluding carboxylic acids is 1. The van der Waals surface area contributed by atoms with Gasteiger partial charge in [0.2, 0.25) is 0 Å². The first-order chi connectivity index (χ1) is 17.7. The Kier molecular flexibility index (Phi) is 7.84. The largest absolute Gasteiger partial charge is 0.378 e. The van der Waals surface area contributed by atoms with Crippen LogP contribution in [0, 0.1) is 6.92 Å². The summed E-state index contributed by atoms with van der Waals surface area (Å²) in [6, 6.07) is 26.7. The Morgan fingerprint density at radius 1 is 0.972 bits per heavy atom. The number of hydrogen-bond acceptors (Lipinski definition) is 5. The van der Waals surface area contributed by atoms with Crippen LogP contribution in [0.4, 0.5) is 11.4 Å². The summed E-state index contributed by atoms with van der Waals surface area (Å²) in [6.45, 7) is 6.09. The number of hydrogen-bond donors (Lipinski definition) is 0. The monoisotopic (exact) mass is 497 g/mol. The Balaban J connectivity index is 1.37. The standard InChI is InChI=1S/C30H31N3O2S/c1-23-21-27(32-17-19-35-20-18-32)15-14-25(23)22-28-29(34)33(16-8-11-24-9-4-2-5-10-24)30(36-28)31-26-12-6-3-7-13-26/h2-7,9-10,12-15,21-22H,8,11,16-20H2,1H3/b28-22-,31-30?. The molecule has 0 unspecified atom stereocenters. The minimum absolute atomic E-state index is 0.0272. The molecule has 0 aromatic heterocycles. The van der Waals surface area contributed by atoms with Crippen molar-refractivity contribution in [3.05, 3.63) is 100 Å². The fraction of sp³-hybridized carbons (Fsp3) is 0.267. The maximum atomic E-state index is 13.5. The average molecular weight is 498 g/mol. The third-order valence-electron chi connectivity index (χ3n) is 6.48. The number of morpholine rings is 1. The summed E-state index contributed by atoms with van der Waals surface area (Å²) in [5.74, 6) is 0.0272. The van der Waals surface area contributed by atoms with Crippen LogP contribution in [0.2, 0.25) is 0 Å². The van der Waals surface area contributed by atoms with Crippen LogP contribution < -0.4 is 4.90 Å². The number of benzene rings is 3. The minimum atomic E-state index is 0.0272. The molecule has 2 aliphatic heterocycles. The molecule has 1 amide bonds. The van der Waals surface area contributed by atoms with E-state index in [0.29, 0.717) is 11.4 Å². The minimum Gasteiger partial charge on any atom is -0.378 e. The number of carbonyl (C=O) groups is 1. The summed E-state index contributed by atoms with van der Waals surface area (Å²) in [5, 5.41) is 0.744. The second-order valence-corrected chi connectivity index (χ2v) is 10.0. The van der Waals surface area contributed by atoms with Gasteiger partial charge in [0.25, 0.3) is 5.91 Å². The number of thioether (sulfide) groups is 1. The SMILES string of the molecule is Cc1cc(N2CCOCC2)ccc1/C=C1\SC(=Nc2ccccc2)N(CCCc2ccccc2)C1=O. The molecular weight excluding hydrogens is 466 g/mol. The molecular formula is C30H31N3O2S. The summed E-state index contributed by atoms with van der Waals surface area (Å²) in [4.78, 5) is 23.2. The molecule has 2 fully saturated rings. The van der Waals surface area contributed by atoms with Gasteiger partial charge in [0, 0.05) is 25.3 Å². The highest BCUT2D eigenvalue weighted by Crippen LogP contribution is 2.35. The molecule has 5 nitrogen and oxygen atoms in total. The smallest absolute Gasteiger partial charge is 0.266 e. The zero-order valence-corrected chi connectivity index (χ0v) is 21.4. The summed E-state index contributed by atoms with van der Waals surface area (Å²) in [7, 11) is 0. The van der Waals surface area contributed by atoms with Crippen molar-refractivity contribution in [2.24, 2.45) is 4.99 Å². The van der Waals surface area contributed by atoms with Crippen LogP contribution in [0.1, 0.15) is 23.1 Å². The summed E-state index contributed by atoms with van der Waals surface area (Å²) in [5.41, 5.74) is 5.56. The van der Waals surface area contributed by atoms with E-state index in [1.807, 2.05) is 47.4 Å². The van der Waals surface area contributed by atoms with Gasteiger partial charge >= 0.3 is 0 Å². The van der Waals surface area contributed by atoms with Crippen LogP contribution >= 0.6 is 11.8 Å². The fourth-order valence-electron chi connectivity index (χ4n) is 4.47. The van der Waals surface area contributed by atoms with Crippen LogP contribution in [0.5, 0.6) is 0 Å². The van der Waals surface area contributed by atoms with Crippen LogP contribution in [0.25, 0.3) is 6.08 Å². The first kappa shape index (κ1) is 24.3. The second-order valence-electron chi connectivity index (χ2n) is 9.03. The molecule has 2 aliphatic rings. The van der Waals surface area contributed by atoms with E-state index in [0.717, 1.165) is 61.1 Å². The quantitative estimate of drug-likeness (QED) is 0.372. The van der Waals surface area contributed by atoms with Gasteiger partial charge in [-0.2, -0.15) is 0 Å². The van der Waals surface area contributed by atoms with Crippen molar-refractivity contribution in [1.29, 1.82) is 0 Å². The molecule has 36 heavy (non-hydrogen) atoms. The molecule has 0 bridgehead atoms. The van der Waals surface area contributed by atoms with Gasteiger partial charge in [0.05, 0.1) is 23.8 Å². The Hall–Kier alpha value is -3.35. The Bertz CT molecular complexity index is 1250. The lowest BCUT2D eigenvalue weighted by molar-refractivity contribution is -0.122. The van der Waals surface area contributed by atoms with Crippen molar-refractivity contribution >= 4 is 40.3 Å². The van der Waals surface area contributed by atoms with Gasteiger partial charge in [-0.25, -0.2) is 4.99 Å². The number of amides is 1. The number of aryl methyl sites for hydroxylation is 2. The summed E-state index contributed by atoms with van der Waals surface area (Å²) >= 11 is 1.46. The molecule has 2 saturated heterocycles. The lowest BCUT2D eigenvalue weighted by Crippen LogP contribution is -2.36. The first-order valence-electron chi connectivity index (χ1n) is 12.5. The molecule has 3 aromatic rings. The van der Waals surface area contributed by atoms with Gasteiger partial charge in [0.15, 0.2) is 5.17 Å². The van der Waals surface area contributed by atoms with Crippen LogP contribution in [0.3, 0.4) is 0 Å². The zero-order chi connectivity index (χ0) is 24.7. The maximum Gasteiger partial charge on any atom is 0.266 e. The molecule has 0 N–H and O–H groups in total. The number of anilines is 1. The van der Waals surface area contributed by atoms with E-state index in [-0.39, 0.29) is 5.91 Å². The first-order valence-corrected chi connectivity index (χ1v) is 13.3. The van der Waals surface area contributed by atoms with Crippen molar-refractivity contribution < 1.29 is 9.53 Å². The molecule has 5 rings (SSSR count). The molecule has 0 atom stereocenters. The van der Waals surface area contributed by atoms with Gasteiger partial charge in [-0.15, -0.1) is 0 Å². The molecule has 3 aromatic carbocycles. The number of amidine groups is 1.